The summed E-state index contributed by atoms with van der Waals surface area (Å²) in [5, 5.41) is 5.03. The molecule has 1 rings (SSSR count). The summed E-state index contributed by atoms with van der Waals surface area (Å²) in [7, 11) is 0. The smallest absolute Gasteiger partial charge is 0.0468 e. The standard InChI is InChI=1S/C14H21Cl2N/c1-5-14(9(2)3)17-10(4)12-7-6-11(15)8-13(12)16/h6-10,14,17H,5H2,1-4H3. The summed E-state index contributed by atoms with van der Waals surface area (Å²) < 4.78 is 0. The molecule has 0 fully saturated rings. The van der Waals surface area contributed by atoms with Crippen LogP contribution in [0.3, 0.4) is 0 Å². The highest BCUT2D eigenvalue weighted by molar-refractivity contribution is 6.35. The van der Waals surface area contributed by atoms with Gasteiger partial charge in [-0.05, 0) is 37.0 Å². The van der Waals surface area contributed by atoms with Gasteiger partial charge in [-0.15, -0.1) is 0 Å². The zero-order chi connectivity index (χ0) is 13.0. The summed E-state index contributed by atoms with van der Waals surface area (Å²) in [5.41, 5.74) is 1.11. The molecule has 1 N–H and O–H groups in total. The fourth-order valence-corrected chi connectivity index (χ4v) is 2.62. The minimum atomic E-state index is 0.243. The zero-order valence-electron chi connectivity index (χ0n) is 10.9. The van der Waals surface area contributed by atoms with Gasteiger partial charge in [0.15, 0.2) is 0 Å². The molecule has 0 spiro atoms. The Morgan fingerprint density at radius 2 is 1.82 bits per heavy atom. The van der Waals surface area contributed by atoms with Crippen LogP contribution in [0.15, 0.2) is 18.2 Å². The third-order valence-electron chi connectivity index (χ3n) is 3.14. The van der Waals surface area contributed by atoms with E-state index in [1.807, 2.05) is 12.1 Å². The van der Waals surface area contributed by atoms with Crippen LogP contribution in [0.5, 0.6) is 0 Å². The van der Waals surface area contributed by atoms with Gasteiger partial charge in [0.25, 0.3) is 0 Å². The minimum Gasteiger partial charge on any atom is -0.307 e. The van der Waals surface area contributed by atoms with Gasteiger partial charge in [0, 0.05) is 22.1 Å². The Morgan fingerprint density at radius 1 is 1.18 bits per heavy atom. The number of nitrogens with one attached hydrogen (secondary N) is 1. The highest BCUT2D eigenvalue weighted by Crippen LogP contribution is 2.27. The fraction of sp³-hybridized carbons (Fsp3) is 0.571. The lowest BCUT2D eigenvalue weighted by Crippen LogP contribution is -2.35. The predicted octanol–water partition coefficient (Wildman–Crippen LogP) is 5.08. The summed E-state index contributed by atoms with van der Waals surface area (Å²) in [6, 6.07) is 6.43. The Bertz CT molecular complexity index is 363. The average Bonchev–Trinajstić information content (AvgIpc) is 2.24. The van der Waals surface area contributed by atoms with Crippen molar-refractivity contribution in [2.45, 2.75) is 46.2 Å². The van der Waals surface area contributed by atoms with Gasteiger partial charge < -0.3 is 5.32 Å². The maximum absolute atomic E-state index is 6.21. The van der Waals surface area contributed by atoms with Gasteiger partial charge in [-0.25, -0.2) is 0 Å². The van der Waals surface area contributed by atoms with E-state index in [2.05, 4.69) is 33.0 Å². The molecule has 0 aromatic heterocycles. The molecule has 0 amide bonds. The van der Waals surface area contributed by atoms with Crippen LogP contribution in [0.25, 0.3) is 0 Å². The van der Waals surface area contributed by atoms with Crippen molar-refractivity contribution in [2.24, 2.45) is 5.92 Å². The van der Waals surface area contributed by atoms with E-state index in [0.717, 1.165) is 17.0 Å². The Morgan fingerprint density at radius 3 is 2.29 bits per heavy atom. The summed E-state index contributed by atoms with van der Waals surface area (Å²) in [6.45, 7) is 8.81. The lowest BCUT2D eigenvalue weighted by molar-refractivity contribution is 0.356. The monoisotopic (exact) mass is 273 g/mol. The van der Waals surface area contributed by atoms with Crippen LogP contribution < -0.4 is 5.32 Å². The van der Waals surface area contributed by atoms with Gasteiger partial charge in [-0.2, -0.15) is 0 Å². The van der Waals surface area contributed by atoms with E-state index in [-0.39, 0.29) is 6.04 Å². The van der Waals surface area contributed by atoms with Crippen LogP contribution in [-0.4, -0.2) is 6.04 Å². The van der Waals surface area contributed by atoms with Crippen LogP contribution >= 0.6 is 23.2 Å². The van der Waals surface area contributed by atoms with Crippen molar-refractivity contribution in [3.63, 3.8) is 0 Å². The van der Waals surface area contributed by atoms with Gasteiger partial charge >= 0.3 is 0 Å². The van der Waals surface area contributed by atoms with Crippen LogP contribution in [0.2, 0.25) is 10.0 Å². The summed E-state index contributed by atoms with van der Waals surface area (Å²) in [6.07, 6.45) is 1.12. The molecule has 96 valence electrons. The number of hydrogen-bond donors (Lipinski definition) is 1. The van der Waals surface area contributed by atoms with Gasteiger partial charge in [-0.1, -0.05) is 50.0 Å². The van der Waals surface area contributed by atoms with Crippen LogP contribution in [-0.2, 0) is 0 Å². The Balaban J connectivity index is 2.78. The third kappa shape index (κ3) is 4.17. The van der Waals surface area contributed by atoms with E-state index >= 15 is 0 Å². The average molecular weight is 274 g/mol. The maximum Gasteiger partial charge on any atom is 0.0468 e. The summed E-state index contributed by atoms with van der Waals surface area (Å²) in [4.78, 5) is 0. The number of hydrogen-bond acceptors (Lipinski definition) is 1. The Labute approximate surface area is 115 Å². The van der Waals surface area contributed by atoms with Crippen molar-refractivity contribution in [3.8, 4) is 0 Å². The second-order valence-corrected chi connectivity index (χ2v) is 5.66. The quantitative estimate of drug-likeness (QED) is 0.789. The zero-order valence-corrected chi connectivity index (χ0v) is 12.4. The van der Waals surface area contributed by atoms with Gasteiger partial charge in [0.2, 0.25) is 0 Å². The van der Waals surface area contributed by atoms with E-state index < -0.39 is 0 Å². The second-order valence-electron chi connectivity index (χ2n) is 4.81. The van der Waals surface area contributed by atoms with Crippen molar-refractivity contribution < 1.29 is 0 Å². The number of benzene rings is 1. The first-order chi connectivity index (χ1) is 7.95. The molecule has 17 heavy (non-hydrogen) atoms. The second kappa shape index (κ2) is 6.63. The van der Waals surface area contributed by atoms with Gasteiger partial charge in [-0.3, -0.25) is 0 Å². The molecule has 1 aromatic rings. The SMILES string of the molecule is CCC(NC(C)c1ccc(Cl)cc1Cl)C(C)C. The van der Waals surface area contributed by atoms with Crippen LogP contribution in [0.1, 0.15) is 45.7 Å². The molecule has 3 heteroatoms. The minimum absolute atomic E-state index is 0.243. The number of rotatable bonds is 5. The Hall–Kier alpha value is -0.240. The molecule has 2 atom stereocenters. The number of halogens is 2. The van der Waals surface area contributed by atoms with E-state index in [1.165, 1.54) is 0 Å². The van der Waals surface area contributed by atoms with Crippen molar-refractivity contribution in [1.82, 2.24) is 5.32 Å². The molecule has 1 nitrogen and oxygen atoms in total. The summed E-state index contributed by atoms with van der Waals surface area (Å²) in [5.74, 6) is 0.619. The van der Waals surface area contributed by atoms with E-state index in [4.69, 9.17) is 23.2 Å². The lowest BCUT2D eigenvalue weighted by Gasteiger charge is -2.26. The molecule has 0 aliphatic rings. The molecule has 0 aliphatic carbocycles. The maximum atomic E-state index is 6.21. The van der Waals surface area contributed by atoms with Gasteiger partial charge in [0.05, 0.1) is 0 Å². The van der Waals surface area contributed by atoms with E-state index in [0.29, 0.717) is 17.0 Å². The predicted molar refractivity (Wildman–Crippen MR) is 76.9 cm³/mol. The molecular formula is C14H21Cl2N. The first kappa shape index (κ1) is 14.8. The van der Waals surface area contributed by atoms with Crippen LogP contribution in [0, 0.1) is 5.92 Å². The highest BCUT2D eigenvalue weighted by atomic mass is 35.5. The molecule has 0 aliphatic heterocycles. The molecular weight excluding hydrogens is 253 g/mol. The molecule has 0 saturated heterocycles. The Kier molecular flexibility index (Phi) is 5.78. The highest BCUT2D eigenvalue weighted by Gasteiger charge is 2.16. The first-order valence-corrected chi connectivity index (χ1v) is 6.92. The van der Waals surface area contributed by atoms with Crippen molar-refractivity contribution >= 4 is 23.2 Å². The molecule has 1 aromatic carbocycles. The third-order valence-corrected chi connectivity index (χ3v) is 3.70. The first-order valence-electron chi connectivity index (χ1n) is 6.16. The van der Waals surface area contributed by atoms with Crippen molar-refractivity contribution in [1.29, 1.82) is 0 Å². The largest absolute Gasteiger partial charge is 0.307 e. The summed E-state index contributed by atoms with van der Waals surface area (Å²) >= 11 is 12.1. The van der Waals surface area contributed by atoms with Crippen molar-refractivity contribution in [3.05, 3.63) is 33.8 Å². The van der Waals surface area contributed by atoms with Crippen molar-refractivity contribution in [2.75, 3.05) is 0 Å². The molecule has 0 heterocycles. The topological polar surface area (TPSA) is 12.0 Å². The normalized spacial score (nSPS) is 15.0. The van der Waals surface area contributed by atoms with E-state index in [9.17, 15) is 0 Å². The van der Waals surface area contributed by atoms with Crippen LogP contribution in [0.4, 0.5) is 0 Å². The van der Waals surface area contributed by atoms with E-state index in [1.54, 1.807) is 6.07 Å². The lowest BCUT2D eigenvalue weighted by atomic mass is 9.99. The molecule has 0 radical (unpaired) electrons. The molecule has 0 bridgehead atoms. The fourth-order valence-electron chi connectivity index (χ4n) is 2.05. The van der Waals surface area contributed by atoms with Gasteiger partial charge in [0.1, 0.15) is 0 Å². The molecule has 2 unspecified atom stereocenters. The molecule has 0 saturated carbocycles.